The summed E-state index contributed by atoms with van der Waals surface area (Å²) in [7, 11) is 0. The van der Waals surface area contributed by atoms with E-state index in [4.69, 9.17) is 5.11 Å². The van der Waals surface area contributed by atoms with E-state index in [9.17, 15) is 0 Å². The van der Waals surface area contributed by atoms with Crippen molar-refractivity contribution >= 4 is 0 Å². The normalized spacial score (nSPS) is 5.33. The maximum Gasteiger partial charge on any atom is 0.0402 e. The molecule has 0 saturated carbocycles. The average Bonchev–Trinajstić information content (AvgIpc) is 1.69. The smallest absolute Gasteiger partial charge is 0.0402 e. The minimum absolute atomic E-state index is 0. The summed E-state index contributed by atoms with van der Waals surface area (Å²) < 4.78 is 0. The molecule has 3 heteroatoms. The fourth-order valence-electron chi connectivity index (χ4n) is 0. The van der Waals surface area contributed by atoms with E-state index in [0.717, 1.165) is 0 Å². The molecule has 0 aromatic rings. The van der Waals surface area contributed by atoms with Gasteiger partial charge < -0.3 is 5.11 Å². The van der Waals surface area contributed by atoms with Gasteiger partial charge in [0.25, 0.3) is 0 Å². The first-order valence-corrected chi connectivity index (χ1v) is 2.94. The molecule has 1 N–H and O–H groups in total. The fourth-order valence-corrected chi connectivity index (χ4v) is 0. The van der Waals surface area contributed by atoms with Crippen LogP contribution in [0, 0.1) is 0 Å². The number of rotatable bonds is 1. The van der Waals surface area contributed by atoms with Gasteiger partial charge in [0.05, 0.1) is 0 Å². The van der Waals surface area contributed by atoms with Crippen LogP contribution in [0.4, 0.5) is 0 Å². The van der Waals surface area contributed by atoms with Gasteiger partial charge in [0.2, 0.25) is 0 Å². The van der Waals surface area contributed by atoms with Crippen molar-refractivity contribution in [3.05, 3.63) is 0 Å². The first kappa shape index (κ1) is 22.4. The molecule has 0 aromatic heterocycles. The third-order valence-corrected chi connectivity index (χ3v) is 0.500. The molecular weight excluding hydrogens is 201 g/mol. The van der Waals surface area contributed by atoms with E-state index >= 15 is 0 Å². The number of hydrogen-bond donors (Lipinski definition) is 1. The van der Waals surface area contributed by atoms with E-state index in [1.807, 2.05) is 0 Å². The Morgan fingerprint density at radius 2 is 1.11 bits per heavy atom. The Bertz CT molecular complexity index is 20.5. The van der Waals surface area contributed by atoms with Gasteiger partial charge in [-0.25, -0.2) is 0 Å². The molecule has 0 aliphatic carbocycles. The minimum atomic E-state index is 0. The molecule has 0 aliphatic heterocycles. The molecule has 0 bridgehead atoms. The van der Waals surface area contributed by atoms with Gasteiger partial charge in [0.15, 0.2) is 0 Å². The zero-order chi connectivity index (χ0) is 6.12. The summed E-state index contributed by atoms with van der Waals surface area (Å²) in [6, 6.07) is 0. The van der Waals surface area contributed by atoms with Gasteiger partial charge in [0, 0.05) is 47.8 Å². The third kappa shape index (κ3) is 93.8. The SMILES string of the molecule is CCCC.CCO.[Ti].[Zn]. The largest absolute Gasteiger partial charge is 0.397 e. The van der Waals surface area contributed by atoms with Gasteiger partial charge in [-0.1, -0.05) is 26.7 Å². The van der Waals surface area contributed by atoms with Crippen molar-refractivity contribution in [2.45, 2.75) is 33.6 Å². The van der Waals surface area contributed by atoms with Crippen LogP contribution in [0.1, 0.15) is 33.6 Å². The topological polar surface area (TPSA) is 20.2 Å². The molecule has 0 unspecified atom stereocenters. The Kier molecular flexibility index (Phi) is 86.4. The van der Waals surface area contributed by atoms with Crippen LogP contribution >= 0.6 is 0 Å². The second-order valence-electron chi connectivity index (χ2n) is 1.32. The Hall–Kier alpha value is 1.30. The Morgan fingerprint density at radius 3 is 1.11 bits per heavy atom. The number of unbranched alkanes of at least 4 members (excludes halogenated alkanes) is 1. The van der Waals surface area contributed by atoms with Gasteiger partial charge in [-0.15, -0.1) is 0 Å². The van der Waals surface area contributed by atoms with Gasteiger partial charge in [-0.3, -0.25) is 0 Å². The number of aliphatic hydroxyl groups is 1. The molecule has 0 saturated heterocycles. The van der Waals surface area contributed by atoms with Crippen molar-refractivity contribution in [1.29, 1.82) is 0 Å². The minimum Gasteiger partial charge on any atom is -0.397 e. The van der Waals surface area contributed by atoms with Crippen molar-refractivity contribution in [3.63, 3.8) is 0 Å². The van der Waals surface area contributed by atoms with Crippen LogP contribution in [0.3, 0.4) is 0 Å². The second kappa shape index (κ2) is 34.7. The van der Waals surface area contributed by atoms with Crippen molar-refractivity contribution in [2.75, 3.05) is 6.61 Å². The van der Waals surface area contributed by atoms with Gasteiger partial charge >= 0.3 is 0 Å². The average molecular weight is 217 g/mol. The van der Waals surface area contributed by atoms with Gasteiger partial charge in [-0.2, -0.15) is 0 Å². The first-order chi connectivity index (χ1) is 3.33. The summed E-state index contributed by atoms with van der Waals surface area (Å²) in [6.07, 6.45) is 2.64. The predicted octanol–water partition coefficient (Wildman–Crippen LogP) is 1.80. The van der Waals surface area contributed by atoms with Gasteiger partial charge in [0.1, 0.15) is 0 Å². The maximum atomic E-state index is 7.57. The van der Waals surface area contributed by atoms with E-state index in [2.05, 4.69) is 13.8 Å². The van der Waals surface area contributed by atoms with Crippen molar-refractivity contribution < 1.29 is 46.3 Å². The third-order valence-electron chi connectivity index (χ3n) is 0.500. The van der Waals surface area contributed by atoms with E-state index in [-0.39, 0.29) is 47.8 Å². The van der Waals surface area contributed by atoms with E-state index in [1.165, 1.54) is 12.8 Å². The Morgan fingerprint density at radius 1 is 1.00 bits per heavy atom. The molecule has 0 fully saturated rings. The first-order valence-electron chi connectivity index (χ1n) is 2.94. The predicted molar refractivity (Wildman–Crippen MR) is 33.3 cm³/mol. The number of aliphatic hydroxyl groups excluding tert-OH is 1. The quantitative estimate of drug-likeness (QED) is 0.664. The summed E-state index contributed by atoms with van der Waals surface area (Å²) in [4.78, 5) is 0. The summed E-state index contributed by atoms with van der Waals surface area (Å²) in [5.41, 5.74) is 0. The molecule has 9 heavy (non-hydrogen) atoms. The van der Waals surface area contributed by atoms with E-state index in [0.29, 0.717) is 0 Å². The monoisotopic (exact) mass is 216 g/mol. The summed E-state index contributed by atoms with van der Waals surface area (Å²) in [5.74, 6) is 0. The van der Waals surface area contributed by atoms with Gasteiger partial charge in [-0.05, 0) is 6.92 Å². The van der Waals surface area contributed by atoms with Crippen LogP contribution in [0.25, 0.3) is 0 Å². The van der Waals surface area contributed by atoms with Crippen molar-refractivity contribution in [3.8, 4) is 0 Å². The van der Waals surface area contributed by atoms with Crippen molar-refractivity contribution in [2.24, 2.45) is 0 Å². The molecule has 0 heterocycles. The van der Waals surface area contributed by atoms with Crippen LogP contribution in [-0.2, 0) is 41.2 Å². The van der Waals surface area contributed by atoms with Crippen LogP contribution in [0.15, 0.2) is 0 Å². The number of hydrogen-bond acceptors (Lipinski definition) is 1. The Balaban J connectivity index is -0.0000000233. The molecule has 1 nitrogen and oxygen atoms in total. The summed E-state index contributed by atoms with van der Waals surface area (Å²) >= 11 is 0. The molecule has 0 amide bonds. The van der Waals surface area contributed by atoms with Crippen LogP contribution in [-0.4, -0.2) is 11.7 Å². The summed E-state index contributed by atoms with van der Waals surface area (Å²) in [5, 5.41) is 7.57. The zero-order valence-electron chi connectivity index (χ0n) is 6.78. The molecular formula is C6H16OTiZn. The maximum absolute atomic E-state index is 7.57. The van der Waals surface area contributed by atoms with Crippen LogP contribution < -0.4 is 0 Å². The Labute approximate surface area is 86.3 Å². The van der Waals surface area contributed by atoms with E-state index < -0.39 is 0 Å². The molecule has 0 rings (SSSR count). The second-order valence-corrected chi connectivity index (χ2v) is 1.32. The molecule has 52 valence electrons. The molecule has 0 radical (unpaired) electrons. The fraction of sp³-hybridized carbons (Fsp3) is 1.00. The summed E-state index contributed by atoms with van der Waals surface area (Å²) in [6.45, 7) is 6.29. The molecule has 0 aromatic carbocycles. The molecule has 0 spiro atoms. The van der Waals surface area contributed by atoms with Crippen LogP contribution in [0.5, 0.6) is 0 Å². The van der Waals surface area contributed by atoms with E-state index in [1.54, 1.807) is 6.92 Å². The van der Waals surface area contributed by atoms with Crippen molar-refractivity contribution in [1.82, 2.24) is 0 Å². The molecule has 0 atom stereocenters. The van der Waals surface area contributed by atoms with Crippen LogP contribution in [0.2, 0.25) is 0 Å². The molecule has 0 aliphatic rings. The standard InChI is InChI=1S/C4H10.C2H6O.Ti.Zn/c1-3-4-2;1-2-3;;/h3-4H2,1-2H3;3H,2H2,1H3;;. The zero-order valence-corrected chi connectivity index (χ0v) is 11.3.